The molecule has 2 aliphatic heterocycles. The maximum absolute atomic E-state index is 12.8. The Labute approximate surface area is 153 Å². The van der Waals surface area contributed by atoms with E-state index < -0.39 is 9.84 Å². The molecule has 0 unspecified atom stereocenters. The Bertz CT molecular complexity index is 966. The number of sulfone groups is 1. The summed E-state index contributed by atoms with van der Waals surface area (Å²) >= 11 is 0. The van der Waals surface area contributed by atoms with Gasteiger partial charge in [-0.2, -0.15) is 0 Å². The number of fused-ring (bicyclic) bond motifs is 1. The molecule has 2 fully saturated rings. The number of aromatic nitrogens is 2. The summed E-state index contributed by atoms with van der Waals surface area (Å²) in [5.74, 6) is 1.21. The normalized spacial score (nSPS) is 25.7. The highest BCUT2D eigenvalue weighted by atomic mass is 32.2. The van der Waals surface area contributed by atoms with Crippen LogP contribution in [0.3, 0.4) is 0 Å². The second kappa shape index (κ2) is 6.35. The van der Waals surface area contributed by atoms with Crippen LogP contribution in [0.4, 0.5) is 0 Å². The van der Waals surface area contributed by atoms with E-state index in [1.54, 1.807) is 0 Å². The summed E-state index contributed by atoms with van der Waals surface area (Å²) in [6.07, 6.45) is 0.619. The lowest BCUT2D eigenvalue weighted by atomic mass is 10.1. The molecule has 1 aromatic heterocycles. The minimum atomic E-state index is -2.96. The molecule has 2 saturated heterocycles. The molecule has 2 atom stereocenters. The van der Waals surface area contributed by atoms with Crippen molar-refractivity contribution in [1.82, 2.24) is 19.8 Å². The van der Waals surface area contributed by atoms with Gasteiger partial charge in [-0.05, 0) is 38.5 Å². The highest BCUT2D eigenvalue weighted by Gasteiger charge is 2.31. The number of carbonyl (C=O) groups is 1. The maximum atomic E-state index is 12.8. The van der Waals surface area contributed by atoms with Crippen molar-refractivity contribution in [2.75, 3.05) is 31.1 Å². The van der Waals surface area contributed by atoms with Gasteiger partial charge in [-0.15, -0.1) is 0 Å². The highest BCUT2D eigenvalue weighted by Crippen LogP contribution is 2.29. The van der Waals surface area contributed by atoms with E-state index in [1.165, 1.54) is 0 Å². The van der Waals surface area contributed by atoms with Gasteiger partial charge in [0.25, 0.3) is 5.91 Å². The summed E-state index contributed by atoms with van der Waals surface area (Å²) in [5.41, 5.74) is 2.28. The van der Waals surface area contributed by atoms with Gasteiger partial charge in [0, 0.05) is 31.2 Å². The molecule has 1 N–H and O–H groups in total. The number of piperazine rings is 1. The number of imidazole rings is 1. The third kappa shape index (κ3) is 3.12. The number of amides is 1. The molecule has 8 heteroatoms. The smallest absolute Gasteiger partial charge is 0.254 e. The van der Waals surface area contributed by atoms with Crippen LogP contribution in [-0.2, 0) is 9.84 Å². The van der Waals surface area contributed by atoms with Crippen LogP contribution in [-0.4, -0.2) is 66.0 Å². The largest absolute Gasteiger partial charge is 0.336 e. The molecular formula is C18H24N4O3S. The van der Waals surface area contributed by atoms with Gasteiger partial charge < -0.3 is 14.8 Å². The second-order valence-corrected chi connectivity index (χ2v) is 9.62. The number of carbonyl (C=O) groups excluding carboxylic acids is 1. The summed E-state index contributed by atoms with van der Waals surface area (Å²) in [7, 11) is -2.96. The van der Waals surface area contributed by atoms with Crippen molar-refractivity contribution in [2.24, 2.45) is 0 Å². The predicted molar refractivity (Wildman–Crippen MR) is 100 cm³/mol. The molecule has 0 spiro atoms. The molecule has 4 rings (SSSR count). The first-order valence-corrected chi connectivity index (χ1v) is 10.9. The van der Waals surface area contributed by atoms with E-state index in [9.17, 15) is 13.2 Å². The summed E-state index contributed by atoms with van der Waals surface area (Å²) in [6.45, 7) is 6.17. The second-order valence-electron chi connectivity index (χ2n) is 7.40. The van der Waals surface area contributed by atoms with Crippen LogP contribution >= 0.6 is 0 Å². The minimum absolute atomic E-state index is 0.0240. The molecule has 0 bridgehead atoms. The molecule has 2 aliphatic rings. The number of benzene rings is 1. The molecule has 7 nitrogen and oxygen atoms in total. The third-order valence-corrected chi connectivity index (χ3v) is 7.09. The third-order valence-electron chi connectivity index (χ3n) is 5.34. The molecule has 0 radical (unpaired) electrons. The van der Waals surface area contributed by atoms with Gasteiger partial charge in [0.15, 0.2) is 9.84 Å². The van der Waals surface area contributed by atoms with Crippen LogP contribution in [0.5, 0.6) is 0 Å². The molecule has 1 amide bonds. The predicted octanol–water partition coefficient (Wildman–Crippen LogP) is 1.14. The van der Waals surface area contributed by atoms with E-state index in [4.69, 9.17) is 0 Å². The van der Waals surface area contributed by atoms with Crippen LogP contribution < -0.4 is 5.32 Å². The standard InChI is InChI=1S/C18H24N4O3S/c1-12-10-21(7-6-19-12)18(23)14-3-4-17-16(9-14)20-13(2)22(17)15-5-8-26(24,25)11-15/h3-4,9,12,15,19H,5-8,10-11H2,1-2H3/t12-,15+/m0/s1. The molecule has 0 saturated carbocycles. The van der Waals surface area contributed by atoms with Crippen LogP contribution in [0.25, 0.3) is 11.0 Å². The number of nitrogens with zero attached hydrogens (tertiary/aromatic N) is 3. The molecule has 1 aromatic carbocycles. The van der Waals surface area contributed by atoms with Crippen LogP contribution in [0.1, 0.15) is 35.6 Å². The summed E-state index contributed by atoms with van der Waals surface area (Å²) < 4.78 is 25.7. The van der Waals surface area contributed by atoms with Crippen molar-refractivity contribution in [3.05, 3.63) is 29.6 Å². The zero-order chi connectivity index (χ0) is 18.5. The lowest BCUT2D eigenvalue weighted by Gasteiger charge is -2.32. The van der Waals surface area contributed by atoms with Gasteiger partial charge in [0.2, 0.25) is 0 Å². The average Bonchev–Trinajstić information content (AvgIpc) is 3.11. The summed E-state index contributed by atoms with van der Waals surface area (Å²) in [6, 6.07) is 5.79. The zero-order valence-corrected chi connectivity index (χ0v) is 15.9. The van der Waals surface area contributed by atoms with E-state index in [0.717, 1.165) is 23.4 Å². The highest BCUT2D eigenvalue weighted by molar-refractivity contribution is 7.91. The molecular weight excluding hydrogens is 352 g/mol. The van der Waals surface area contributed by atoms with Gasteiger partial charge in [-0.3, -0.25) is 4.79 Å². The van der Waals surface area contributed by atoms with Gasteiger partial charge in [0.05, 0.1) is 28.6 Å². The Morgan fingerprint density at radius 3 is 2.85 bits per heavy atom. The van der Waals surface area contributed by atoms with Crippen molar-refractivity contribution < 1.29 is 13.2 Å². The molecule has 2 aromatic rings. The molecule has 140 valence electrons. The average molecular weight is 376 g/mol. The fourth-order valence-corrected chi connectivity index (χ4v) is 5.79. The summed E-state index contributed by atoms with van der Waals surface area (Å²) in [5, 5.41) is 3.34. The first kappa shape index (κ1) is 17.5. The van der Waals surface area contributed by atoms with E-state index in [0.29, 0.717) is 31.1 Å². The van der Waals surface area contributed by atoms with Crippen LogP contribution in [0.2, 0.25) is 0 Å². The Balaban J connectivity index is 1.66. The Morgan fingerprint density at radius 1 is 1.35 bits per heavy atom. The first-order valence-electron chi connectivity index (χ1n) is 9.06. The molecule has 26 heavy (non-hydrogen) atoms. The quantitative estimate of drug-likeness (QED) is 0.850. The first-order chi connectivity index (χ1) is 12.3. The van der Waals surface area contributed by atoms with Gasteiger partial charge >= 0.3 is 0 Å². The van der Waals surface area contributed by atoms with E-state index in [2.05, 4.69) is 17.2 Å². The SMILES string of the molecule is Cc1nc2cc(C(=O)N3CCN[C@@H](C)C3)ccc2n1[C@@H]1CCS(=O)(=O)C1. The zero-order valence-electron chi connectivity index (χ0n) is 15.1. The fourth-order valence-electron chi connectivity index (χ4n) is 4.09. The Kier molecular flexibility index (Phi) is 4.27. The van der Waals surface area contributed by atoms with Crippen LogP contribution in [0, 0.1) is 6.92 Å². The maximum Gasteiger partial charge on any atom is 0.254 e. The van der Waals surface area contributed by atoms with E-state index in [1.807, 2.05) is 34.6 Å². The van der Waals surface area contributed by atoms with E-state index >= 15 is 0 Å². The molecule has 0 aliphatic carbocycles. The topological polar surface area (TPSA) is 84.3 Å². The lowest BCUT2D eigenvalue weighted by Crippen LogP contribution is -2.51. The lowest BCUT2D eigenvalue weighted by molar-refractivity contribution is 0.0709. The fraction of sp³-hybridized carbons (Fsp3) is 0.556. The number of aryl methyl sites for hydroxylation is 1. The monoisotopic (exact) mass is 376 g/mol. The number of hydrogen-bond donors (Lipinski definition) is 1. The van der Waals surface area contributed by atoms with Crippen molar-refractivity contribution in [2.45, 2.75) is 32.4 Å². The number of rotatable bonds is 2. The van der Waals surface area contributed by atoms with Gasteiger partial charge in [0.1, 0.15) is 5.82 Å². The van der Waals surface area contributed by atoms with Crippen molar-refractivity contribution in [1.29, 1.82) is 0 Å². The van der Waals surface area contributed by atoms with E-state index in [-0.39, 0.29) is 23.5 Å². The Hall–Kier alpha value is -1.93. The van der Waals surface area contributed by atoms with Gasteiger partial charge in [-0.1, -0.05) is 0 Å². The molecule has 3 heterocycles. The minimum Gasteiger partial charge on any atom is -0.336 e. The van der Waals surface area contributed by atoms with Crippen molar-refractivity contribution in [3.63, 3.8) is 0 Å². The van der Waals surface area contributed by atoms with Crippen molar-refractivity contribution in [3.8, 4) is 0 Å². The van der Waals surface area contributed by atoms with Crippen molar-refractivity contribution >= 4 is 26.8 Å². The Morgan fingerprint density at radius 2 is 2.15 bits per heavy atom. The summed E-state index contributed by atoms with van der Waals surface area (Å²) in [4.78, 5) is 19.3. The number of nitrogens with one attached hydrogen (secondary N) is 1. The number of hydrogen-bond acceptors (Lipinski definition) is 5. The van der Waals surface area contributed by atoms with Gasteiger partial charge in [-0.25, -0.2) is 13.4 Å². The van der Waals surface area contributed by atoms with Crippen LogP contribution in [0.15, 0.2) is 18.2 Å².